The van der Waals surface area contributed by atoms with E-state index in [0.717, 1.165) is 5.69 Å². The van der Waals surface area contributed by atoms with E-state index in [1.165, 1.54) is 109 Å². The summed E-state index contributed by atoms with van der Waals surface area (Å²) < 4.78 is 0. The third kappa shape index (κ3) is 3.53. The normalized spacial score (nSPS) is 15.1. The van der Waals surface area contributed by atoms with Crippen molar-refractivity contribution in [2.24, 2.45) is 0 Å². The number of anilines is 3. The number of nitrogens with zero attached hydrogens (tertiary/aromatic N) is 1. The quantitative estimate of drug-likeness (QED) is 0.133. The van der Waals surface area contributed by atoms with Crippen LogP contribution in [0.1, 0.15) is 49.9 Å². The monoisotopic (exact) mass is 675 g/mol. The highest BCUT2D eigenvalue weighted by molar-refractivity contribution is 6.42. The smallest absolute Gasteiger partial charge is 0.0619 e. The number of para-hydroxylation sites is 1. The summed E-state index contributed by atoms with van der Waals surface area (Å²) in [4.78, 5) is 2.56. The fourth-order valence-corrected chi connectivity index (χ4v) is 10.8. The standard InChI is InChI=1S/C52H37N/c1-51(2)41-22-12-21-40-46(41)48-45-37(36-18-10-14-31-24-28-42(51)47(48)44(31)36)19-11-20-39(45)50(40)53(32-15-6-5-7-16-32)33-25-27-35-38-26-23-30-13-8-9-17-34(30)49(38)52(3,4)43(35)29-33/h5-29H,1-4H3. The SMILES string of the molecule is CC1(C)c2cc(N(c3ccccc3)c3c4cccc5c4c4c6c(ccc7cccc(c8cccc3c84)c76)C5(C)C)ccc2-c2ccc3ccccc3c21. The van der Waals surface area contributed by atoms with Crippen molar-refractivity contribution in [3.05, 3.63) is 174 Å². The van der Waals surface area contributed by atoms with Crippen LogP contribution in [-0.4, -0.2) is 0 Å². The molecule has 0 atom stereocenters. The summed E-state index contributed by atoms with van der Waals surface area (Å²) in [5.41, 5.74) is 11.6. The predicted octanol–water partition coefficient (Wildman–Crippen LogP) is 14.5. The van der Waals surface area contributed by atoms with E-state index in [2.05, 4.69) is 184 Å². The molecule has 0 radical (unpaired) electrons. The lowest BCUT2D eigenvalue weighted by Crippen LogP contribution is -2.23. The highest BCUT2D eigenvalue weighted by Gasteiger charge is 2.39. The average Bonchev–Trinajstić information content (AvgIpc) is 3.42. The minimum Gasteiger partial charge on any atom is -0.309 e. The summed E-state index contributed by atoms with van der Waals surface area (Å²) in [5, 5.41) is 16.2. The molecule has 1 nitrogen and oxygen atoms in total. The van der Waals surface area contributed by atoms with E-state index in [4.69, 9.17) is 0 Å². The number of benzene rings is 10. The number of hydrogen-bond donors (Lipinski definition) is 0. The lowest BCUT2D eigenvalue weighted by atomic mass is 9.68. The molecular formula is C52H37N. The molecule has 12 rings (SSSR count). The molecule has 0 N–H and O–H groups in total. The fourth-order valence-electron chi connectivity index (χ4n) is 10.8. The second-order valence-electron chi connectivity index (χ2n) is 16.4. The van der Waals surface area contributed by atoms with Crippen molar-refractivity contribution in [3.8, 4) is 11.1 Å². The molecule has 0 saturated carbocycles. The first-order valence-corrected chi connectivity index (χ1v) is 19.0. The molecule has 0 unspecified atom stereocenters. The summed E-state index contributed by atoms with van der Waals surface area (Å²) in [7, 11) is 0. The van der Waals surface area contributed by atoms with Crippen LogP contribution in [-0.2, 0) is 10.8 Å². The van der Waals surface area contributed by atoms with E-state index in [-0.39, 0.29) is 10.8 Å². The highest BCUT2D eigenvalue weighted by Crippen LogP contribution is 2.58. The zero-order valence-corrected chi connectivity index (χ0v) is 30.4. The van der Waals surface area contributed by atoms with Gasteiger partial charge in [0.05, 0.1) is 5.69 Å². The molecule has 2 aliphatic rings. The number of fused-ring (bicyclic) bond motifs is 6. The predicted molar refractivity (Wildman–Crippen MR) is 227 cm³/mol. The van der Waals surface area contributed by atoms with Gasteiger partial charge in [-0.3, -0.25) is 0 Å². The Hall–Kier alpha value is -6.18. The third-order valence-electron chi connectivity index (χ3n) is 13.1. The lowest BCUT2D eigenvalue weighted by Gasteiger charge is -2.37. The molecule has 0 fully saturated rings. The van der Waals surface area contributed by atoms with Gasteiger partial charge >= 0.3 is 0 Å². The Balaban J connectivity index is 1.23. The summed E-state index contributed by atoms with van der Waals surface area (Å²) >= 11 is 0. The van der Waals surface area contributed by atoms with Crippen LogP contribution < -0.4 is 4.90 Å². The first-order valence-electron chi connectivity index (χ1n) is 19.0. The summed E-state index contributed by atoms with van der Waals surface area (Å²) in [6, 6.07) is 57.5. The molecule has 0 aliphatic heterocycles. The minimum atomic E-state index is -0.164. The minimum absolute atomic E-state index is 0.163. The van der Waals surface area contributed by atoms with Crippen LogP contribution in [0, 0.1) is 0 Å². The molecule has 53 heavy (non-hydrogen) atoms. The molecule has 0 bridgehead atoms. The Morgan fingerprint density at radius 3 is 1.83 bits per heavy atom. The molecule has 0 aromatic heterocycles. The second-order valence-corrected chi connectivity index (χ2v) is 16.4. The summed E-state index contributed by atoms with van der Waals surface area (Å²) in [5.74, 6) is 0. The van der Waals surface area contributed by atoms with Gasteiger partial charge in [-0.25, -0.2) is 0 Å². The molecule has 2 aliphatic carbocycles. The molecule has 0 saturated heterocycles. The van der Waals surface area contributed by atoms with Gasteiger partial charge in [-0.15, -0.1) is 0 Å². The maximum atomic E-state index is 2.56. The van der Waals surface area contributed by atoms with Crippen LogP contribution in [0.4, 0.5) is 17.1 Å². The molecule has 0 amide bonds. The highest BCUT2D eigenvalue weighted by atomic mass is 15.1. The van der Waals surface area contributed by atoms with Crippen LogP contribution in [0.3, 0.4) is 0 Å². The Labute approximate surface area is 309 Å². The maximum absolute atomic E-state index is 2.56. The van der Waals surface area contributed by atoms with Gasteiger partial charge in [0, 0.05) is 38.4 Å². The first-order chi connectivity index (χ1) is 25.8. The van der Waals surface area contributed by atoms with Gasteiger partial charge in [-0.05, 0) is 106 Å². The summed E-state index contributed by atoms with van der Waals surface area (Å²) in [6.07, 6.45) is 0. The van der Waals surface area contributed by atoms with Crippen LogP contribution >= 0.6 is 0 Å². The van der Waals surface area contributed by atoms with Gasteiger partial charge < -0.3 is 4.90 Å². The van der Waals surface area contributed by atoms with Crippen molar-refractivity contribution in [1.82, 2.24) is 0 Å². The van der Waals surface area contributed by atoms with E-state index in [0.29, 0.717) is 0 Å². The summed E-state index contributed by atoms with van der Waals surface area (Å²) in [6.45, 7) is 9.67. The third-order valence-corrected chi connectivity index (χ3v) is 13.1. The maximum Gasteiger partial charge on any atom is 0.0619 e. The average molecular weight is 676 g/mol. The van der Waals surface area contributed by atoms with Gasteiger partial charge in [-0.1, -0.05) is 155 Å². The molecule has 0 heterocycles. The van der Waals surface area contributed by atoms with E-state index in [1.807, 2.05) is 0 Å². The Morgan fingerprint density at radius 1 is 0.358 bits per heavy atom. The molecule has 10 aromatic rings. The Bertz CT molecular complexity index is 3220. The van der Waals surface area contributed by atoms with E-state index in [9.17, 15) is 0 Å². The lowest BCUT2D eigenvalue weighted by molar-refractivity contribution is 0.652. The zero-order valence-electron chi connectivity index (χ0n) is 30.4. The van der Waals surface area contributed by atoms with Crippen LogP contribution in [0.5, 0.6) is 0 Å². The van der Waals surface area contributed by atoms with Crippen molar-refractivity contribution in [2.45, 2.75) is 38.5 Å². The van der Waals surface area contributed by atoms with Crippen LogP contribution in [0.2, 0.25) is 0 Å². The van der Waals surface area contributed by atoms with E-state index < -0.39 is 0 Å². The largest absolute Gasteiger partial charge is 0.309 e. The van der Waals surface area contributed by atoms with E-state index in [1.54, 1.807) is 0 Å². The topological polar surface area (TPSA) is 3.24 Å². The van der Waals surface area contributed by atoms with Crippen molar-refractivity contribution >= 4 is 81.7 Å². The van der Waals surface area contributed by atoms with Crippen LogP contribution in [0.25, 0.3) is 75.8 Å². The van der Waals surface area contributed by atoms with Gasteiger partial charge in [0.15, 0.2) is 0 Å². The Kier molecular flexibility index (Phi) is 5.45. The number of hydrogen-bond acceptors (Lipinski definition) is 1. The second kappa shape index (κ2) is 9.82. The zero-order chi connectivity index (χ0) is 35.4. The van der Waals surface area contributed by atoms with Gasteiger partial charge in [0.25, 0.3) is 0 Å². The molecule has 1 heteroatoms. The Morgan fingerprint density at radius 2 is 0.981 bits per heavy atom. The van der Waals surface area contributed by atoms with E-state index >= 15 is 0 Å². The van der Waals surface area contributed by atoms with Crippen molar-refractivity contribution < 1.29 is 0 Å². The van der Waals surface area contributed by atoms with Crippen molar-refractivity contribution in [1.29, 1.82) is 0 Å². The molecule has 0 spiro atoms. The van der Waals surface area contributed by atoms with Gasteiger partial charge in [0.2, 0.25) is 0 Å². The van der Waals surface area contributed by atoms with Gasteiger partial charge in [-0.2, -0.15) is 0 Å². The molecule has 250 valence electrons. The van der Waals surface area contributed by atoms with Crippen LogP contribution in [0.15, 0.2) is 152 Å². The van der Waals surface area contributed by atoms with Gasteiger partial charge in [0.1, 0.15) is 0 Å². The molecular weight excluding hydrogens is 639 g/mol. The first kappa shape index (κ1) is 29.4. The fraction of sp³-hybridized carbons (Fsp3) is 0.115. The molecule has 10 aromatic carbocycles. The number of rotatable bonds is 3. The van der Waals surface area contributed by atoms with Crippen molar-refractivity contribution in [2.75, 3.05) is 4.90 Å². The van der Waals surface area contributed by atoms with Crippen molar-refractivity contribution in [3.63, 3.8) is 0 Å².